The molecule has 1 saturated heterocycles. The second-order valence-electron chi connectivity index (χ2n) is 4.88. The molecule has 1 heterocycles. The Labute approximate surface area is 117 Å². The average Bonchev–Trinajstić information content (AvgIpc) is 2.34. The van der Waals surface area contributed by atoms with Crippen molar-refractivity contribution in [3.05, 3.63) is 0 Å². The number of hydrogen-bond acceptors (Lipinski definition) is 2. The summed E-state index contributed by atoms with van der Waals surface area (Å²) in [5, 5.41) is 0. The fraction of sp³-hybridized carbons (Fsp3) is 0.923. The molecule has 0 aliphatic carbocycles. The SMILES string of the molecule is CCCCCCCCN1CCN(C(=S)S)CC1. The number of piperazine rings is 1. The number of rotatable bonds is 7. The standard InChI is InChI=1S/C13H26N2S2/c1-2-3-4-5-6-7-8-14-9-11-15(12-10-14)13(16)17/h2-12H2,1H3,(H,16,17). The molecular weight excluding hydrogens is 248 g/mol. The fourth-order valence-corrected chi connectivity index (χ4v) is 2.66. The molecule has 0 atom stereocenters. The van der Waals surface area contributed by atoms with E-state index in [1.807, 2.05) is 0 Å². The van der Waals surface area contributed by atoms with Crippen LogP contribution in [0.1, 0.15) is 45.4 Å². The molecule has 17 heavy (non-hydrogen) atoms. The Balaban J connectivity index is 1.97. The Kier molecular flexibility index (Phi) is 8.23. The van der Waals surface area contributed by atoms with Crippen molar-refractivity contribution < 1.29 is 0 Å². The van der Waals surface area contributed by atoms with Gasteiger partial charge in [0.15, 0.2) is 0 Å². The van der Waals surface area contributed by atoms with Crippen molar-refractivity contribution in [2.45, 2.75) is 45.4 Å². The van der Waals surface area contributed by atoms with Crippen LogP contribution in [-0.2, 0) is 0 Å². The number of hydrogen-bond donors (Lipinski definition) is 1. The summed E-state index contributed by atoms with van der Waals surface area (Å²) in [5.74, 6) is 0. The number of unbranched alkanes of at least 4 members (excludes halogenated alkanes) is 5. The lowest BCUT2D eigenvalue weighted by molar-refractivity contribution is 0.182. The Bertz CT molecular complexity index is 213. The molecule has 1 aliphatic rings. The van der Waals surface area contributed by atoms with E-state index in [0.29, 0.717) is 0 Å². The molecule has 0 saturated carbocycles. The predicted molar refractivity (Wildman–Crippen MR) is 83.0 cm³/mol. The maximum absolute atomic E-state index is 5.07. The van der Waals surface area contributed by atoms with Crippen molar-refractivity contribution >= 4 is 29.2 Å². The number of thiocarbonyl (C=S) groups is 1. The smallest absolute Gasteiger partial charge is 0.133 e. The molecule has 1 rings (SSSR count). The van der Waals surface area contributed by atoms with E-state index >= 15 is 0 Å². The van der Waals surface area contributed by atoms with Gasteiger partial charge in [0, 0.05) is 26.2 Å². The van der Waals surface area contributed by atoms with Gasteiger partial charge in [-0.2, -0.15) is 0 Å². The molecule has 0 spiro atoms. The zero-order valence-corrected chi connectivity index (χ0v) is 12.7. The zero-order valence-electron chi connectivity index (χ0n) is 11.0. The van der Waals surface area contributed by atoms with Crippen LogP contribution in [0.25, 0.3) is 0 Å². The van der Waals surface area contributed by atoms with Crippen molar-refractivity contribution in [3.8, 4) is 0 Å². The summed E-state index contributed by atoms with van der Waals surface area (Å²) in [5.41, 5.74) is 0. The summed E-state index contributed by atoms with van der Waals surface area (Å²) < 4.78 is 0.754. The highest BCUT2D eigenvalue weighted by atomic mass is 32.1. The van der Waals surface area contributed by atoms with Gasteiger partial charge in [0.2, 0.25) is 0 Å². The van der Waals surface area contributed by atoms with E-state index in [9.17, 15) is 0 Å². The van der Waals surface area contributed by atoms with Crippen molar-refractivity contribution in [3.63, 3.8) is 0 Å². The van der Waals surface area contributed by atoms with E-state index in [1.165, 1.54) is 45.1 Å². The first kappa shape index (κ1) is 15.3. The molecule has 0 unspecified atom stereocenters. The molecule has 2 nitrogen and oxygen atoms in total. The molecule has 0 aromatic heterocycles. The Morgan fingerprint density at radius 3 is 2.18 bits per heavy atom. The molecule has 100 valence electrons. The van der Waals surface area contributed by atoms with Gasteiger partial charge < -0.3 is 4.90 Å². The molecule has 0 amide bonds. The van der Waals surface area contributed by atoms with E-state index in [0.717, 1.165) is 30.5 Å². The van der Waals surface area contributed by atoms with E-state index in [-0.39, 0.29) is 0 Å². The normalized spacial score (nSPS) is 17.4. The number of nitrogens with zero attached hydrogens (tertiary/aromatic N) is 2. The average molecular weight is 274 g/mol. The Morgan fingerprint density at radius 2 is 1.59 bits per heavy atom. The largest absolute Gasteiger partial charge is 0.355 e. The maximum atomic E-state index is 5.07. The second-order valence-corrected chi connectivity index (χ2v) is 5.99. The molecule has 1 fully saturated rings. The van der Waals surface area contributed by atoms with Gasteiger partial charge in [-0.3, -0.25) is 4.90 Å². The van der Waals surface area contributed by atoms with Gasteiger partial charge in [-0.15, -0.1) is 12.6 Å². The van der Waals surface area contributed by atoms with Crippen molar-refractivity contribution in [2.75, 3.05) is 32.7 Å². The van der Waals surface area contributed by atoms with Gasteiger partial charge in [0.1, 0.15) is 4.32 Å². The molecule has 1 aliphatic heterocycles. The summed E-state index contributed by atoms with van der Waals surface area (Å²) in [7, 11) is 0. The van der Waals surface area contributed by atoms with Crippen LogP contribution in [0.5, 0.6) is 0 Å². The minimum atomic E-state index is 0.754. The lowest BCUT2D eigenvalue weighted by Gasteiger charge is -2.35. The summed E-state index contributed by atoms with van der Waals surface area (Å²) in [6, 6.07) is 0. The zero-order chi connectivity index (χ0) is 12.5. The molecular formula is C13H26N2S2. The predicted octanol–water partition coefficient (Wildman–Crippen LogP) is 3.18. The van der Waals surface area contributed by atoms with Gasteiger partial charge in [0.25, 0.3) is 0 Å². The van der Waals surface area contributed by atoms with Gasteiger partial charge in [0.05, 0.1) is 0 Å². The first-order valence-electron chi connectivity index (χ1n) is 6.94. The highest BCUT2D eigenvalue weighted by Crippen LogP contribution is 2.09. The van der Waals surface area contributed by atoms with Crippen molar-refractivity contribution in [1.82, 2.24) is 9.80 Å². The molecule has 0 N–H and O–H groups in total. The summed E-state index contributed by atoms with van der Waals surface area (Å²) in [4.78, 5) is 4.75. The van der Waals surface area contributed by atoms with E-state index in [2.05, 4.69) is 29.4 Å². The monoisotopic (exact) mass is 274 g/mol. The molecule has 0 bridgehead atoms. The van der Waals surface area contributed by atoms with Crippen molar-refractivity contribution in [1.29, 1.82) is 0 Å². The third-order valence-corrected chi connectivity index (χ3v) is 4.01. The van der Waals surface area contributed by atoms with Crippen LogP contribution in [0.2, 0.25) is 0 Å². The van der Waals surface area contributed by atoms with Crippen molar-refractivity contribution in [2.24, 2.45) is 0 Å². The van der Waals surface area contributed by atoms with Gasteiger partial charge in [-0.05, 0) is 13.0 Å². The first-order chi connectivity index (χ1) is 8.24. The molecule has 4 heteroatoms. The molecule has 0 aromatic carbocycles. The van der Waals surface area contributed by atoms with Gasteiger partial charge in [-0.1, -0.05) is 51.2 Å². The fourth-order valence-electron chi connectivity index (χ4n) is 2.28. The van der Waals surface area contributed by atoms with Crippen LogP contribution in [0.3, 0.4) is 0 Å². The summed E-state index contributed by atoms with van der Waals surface area (Å²) >= 11 is 9.30. The number of thiol groups is 1. The van der Waals surface area contributed by atoms with E-state index < -0.39 is 0 Å². The topological polar surface area (TPSA) is 6.48 Å². The van der Waals surface area contributed by atoms with Gasteiger partial charge in [-0.25, -0.2) is 0 Å². The van der Waals surface area contributed by atoms with Crippen LogP contribution in [0.15, 0.2) is 0 Å². The lowest BCUT2D eigenvalue weighted by atomic mass is 10.1. The highest BCUT2D eigenvalue weighted by Gasteiger charge is 2.16. The maximum Gasteiger partial charge on any atom is 0.133 e. The highest BCUT2D eigenvalue weighted by molar-refractivity contribution is 8.10. The third kappa shape index (κ3) is 6.63. The summed E-state index contributed by atoms with van der Waals surface area (Å²) in [6.45, 7) is 7.94. The lowest BCUT2D eigenvalue weighted by Crippen LogP contribution is -2.47. The van der Waals surface area contributed by atoms with Crippen LogP contribution >= 0.6 is 24.8 Å². The molecule has 0 aromatic rings. The van der Waals surface area contributed by atoms with Gasteiger partial charge >= 0.3 is 0 Å². The second kappa shape index (κ2) is 9.17. The van der Waals surface area contributed by atoms with E-state index in [1.54, 1.807) is 0 Å². The minimum absolute atomic E-state index is 0.754. The Morgan fingerprint density at radius 1 is 1.00 bits per heavy atom. The summed E-state index contributed by atoms with van der Waals surface area (Å²) in [6.07, 6.45) is 8.32. The van der Waals surface area contributed by atoms with E-state index in [4.69, 9.17) is 12.2 Å². The van der Waals surface area contributed by atoms with Crippen LogP contribution in [-0.4, -0.2) is 46.8 Å². The third-order valence-electron chi connectivity index (χ3n) is 3.47. The van der Waals surface area contributed by atoms with Crippen LogP contribution < -0.4 is 0 Å². The first-order valence-corrected chi connectivity index (χ1v) is 7.80. The van der Waals surface area contributed by atoms with Crippen LogP contribution in [0.4, 0.5) is 0 Å². The van der Waals surface area contributed by atoms with Crippen LogP contribution in [0, 0.1) is 0 Å². The molecule has 0 radical (unpaired) electrons. The minimum Gasteiger partial charge on any atom is -0.355 e. The quantitative estimate of drug-likeness (QED) is 0.433. The Hall–Kier alpha value is 0.200.